The van der Waals surface area contributed by atoms with E-state index < -0.39 is 10.0 Å². The molecule has 9 heteroatoms. The first kappa shape index (κ1) is 18.3. The van der Waals surface area contributed by atoms with Crippen molar-refractivity contribution < 1.29 is 17.9 Å². The summed E-state index contributed by atoms with van der Waals surface area (Å²) in [5.41, 5.74) is 1.41. The molecule has 3 aromatic rings. The number of rotatable bonds is 6. The van der Waals surface area contributed by atoms with Gasteiger partial charge in [-0.25, -0.2) is 17.4 Å². The van der Waals surface area contributed by atoms with Gasteiger partial charge < -0.3 is 4.74 Å². The third-order valence-electron chi connectivity index (χ3n) is 3.87. The Hall–Kier alpha value is -2.45. The second-order valence-corrected chi connectivity index (χ2v) is 7.74. The first-order valence-electron chi connectivity index (χ1n) is 7.83. The summed E-state index contributed by atoms with van der Waals surface area (Å²) in [7, 11) is -2.55. The third-order valence-corrected chi connectivity index (χ3v) is 5.83. The Balaban J connectivity index is 2.09. The second kappa shape index (κ2) is 7.43. The SMILES string of the molecule is COC(=O)CCCc1cc2nc(Cl)ccc2n1S(=O)(=O)c1cccnc1. The number of carbonyl (C=O) groups is 1. The van der Waals surface area contributed by atoms with Crippen LogP contribution in [0.2, 0.25) is 5.15 Å². The van der Waals surface area contributed by atoms with Gasteiger partial charge in [-0.1, -0.05) is 11.6 Å². The molecule has 0 bridgehead atoms. The van der Waals surface area contributed by atoms with E-state index in [1.807, 2.05) is 0 Å². The van der Waals surface area contributed by atoms with E-state index in [2.05, 4.69) is 14.7 Å². The number of aryl methyl sites for hydroxylation is 1. The molecule has 0 unspecified atom stereocenters. The van der Waals surface area contributed by atoms with Crippen LogP contribution in [0.25, 0.3) is 11.0 Å². The summed E-state index contributed by atoms with van der Waals surface area (Å²) in [6, 6.07) is 7.87. The van der Waals surface area contributed by atoms with E-state index in [0.717, 1.165) is 0 Å². The molecule has 0 aromatic carbocycles. The van der Waals surface area contributed by atoms with Crippen molar-refractivity contribution >= 4 is 38.6 Å². The molecule has 0 saturated heterocycles. The number of carbonyl (C=O) groups excluding carboxylic acids is 1. The highest BCUT2D eigenvalue weighted by molar-refractivity contribution is 7.90. The zero-order valence-corrected chi connectivity index (χ0v) is 15.5. The lowest BCUT2D eigenvalue weighted by molar-refractivity contribution is -0.140. The third kappa shape index (κ3) is 3.56. The largest absolute Gasteiger partial charge is 0.469 e. The van der Waals surface area contributed by atoms with Gasteiger partial charge in [0.2, 0.25) is 0 Å². The topological polar surface area (TPSA) is 91.1 Å². The summed E-state index contributed by atoms with van der Waals surface area (Å²) in [6.45, 7) is 0. The fourth-order valence-corrected chi connectivity index (χ4v) is 4.35. The zero-order chi connectivity index (χ0) is 18.7. The van der Waals surface area contributed by atoms with E-state index in [1.54, 1.807) is 18.2 Å². The molecular weight excluding hydrogens is 378 g/mol. The number of ether oxygens (including phenoxy) is 1. The molecule has 3 heterocycles. The quantitative estimate of drug-likeness (QED) is 0.472. The Bertz CT molecular complexity index is 1050. The highest BCUT2D eigenvalue weighted by Crippen LogP contribution is 2.26. The smallest absolute Gasteiger partial charge is 0.305 e. The summed E-state index contributed by atoms with van der Waals surface area (Å²) in [5, 5.41) is 0.273. The fraction of sp³-hybridized carbons (Fsp3) is 0.235. The number of halogens is 1. The van der Waals surface area contributed by atoms with Crippen LogP contribution in [0.5, 0.6) is 0 Å². The summed E-state index contributed by atoms with van der Waals surface area (Å²) < 4.78 is 32.1. The normalized spacial score (nSPS) is 11.6. The van der Waals surface area contributed by atoms with Gasteiger partial charge in [0, 0.05) is 24.5 Å². The number of methoxy groups -OCH3 is 1. The van der Waals surface area contributed by atoms with Gasteiger partial charge in [-0.2, -0.15) is 0 Å². The van der Waals surface area contributed by atoms with Crippen molar-refractivity contribution in [1.29, 1.82) is 0 Å². The van der Waals surface area contributed by atoms with E-state index in [1.165, 1.54) is 35.6 Å². The minimum Gasteiger partial charge on any atom is -0.469 e. The fourth-order valence-electron chi connectivity index (χ4n) is 2.67. The minimum absolute atomic E-state index is 0.0710. The van der Waals surface area contributed by atoms with Crippen LogP contribution in [0.15, 0.2) is 47.6 Å². The number of nitrogens with zero attached hydrogens (tertiary/aromatic N) is 3. The van der Waals surface area contributed by atoms with Crippen LogP contribution in [-0.4, -0.2) is 35.4 Å². The molecule has 0 saturated carbocycles. The molecular formula is C17H16ClN3O4S. The van der Waals surface area contributed by atoms with Crippen LogP contribution in [0, 0.1) is 0 Å². The molecule has 0 spiro atoms. The van der Waals surface area contributed by atoms with E-state index in [4.69, 9.17) is 11.6 Å². The maximum atomic E-state index is 13.1. The van der Waals surface area contributed by atoms with Crippen LogP contribution in [0.3, 0.4) is 0 Å². The molecule has 0 N–H and O–H groups in total. The summed E-state index contributed by atoms with van der Waals surface area (Å²) >= 11 is 5.94. The van der Waals surface area contributed by atoms with Gasteiger partial charge in [0.1, 0.15) is 10.0 Å². The lowest BCUT2D eigenvalue weighted by Gasteiger charge is -2.11. The van der Waals surface area contributed by atoms with Crippen LogP contribution in [0.4, 0.5) is 0 Å². The van der Waals surface area contributed by atoms with Gasteiger partial charge in [0.25, 0.3) is 10.0 Å². The molecule has 3 rings (SSSR count). The lowest BCUT2D eigenvalue weighted by atomic mass is 10.2. The number of fused-ring (bicyclic) bond motifs is 1. The molecule has 26 heavy (non-hydrogen) atoms. The average Bonchev–Trinajstić information content (AvgIpc) is 3.00. The minimum atomic E-state index is -3.87. The van der Waals surface area contributed by atoms with Crippen molar-refractivity contribution in [3.63, 3.8) is 0 Å². The Morgan fingerprint density at radius 2 is 2.12 bits per heavy atom. The van der Waals surface area contributed by atoms with Gasteiger partial charge >= 0.3 is 5.97 Å². The maximum Gasteiger partial charge on any atom is 0.305 e. The van der Waals surface area contributed by atoms with Crippen molar-refractivity contribution in [3.05, 3.63) is 53.6 Å². The van der Waals surface area contributed by atoms with E-state index in [0.29, 0.717) is 29.6 Å². The Morgan fingerprint density at radius 1 is 1.31 bits per heavy atom. The highest BCUT2D eigenvalue weighted by Gasteiger charge is 2.24. The Kier molecular flexibility index (Phi) is 5.24. The average molecular weight is 394 g/mol. The number of esters is 1. The first-order valence-corrected chi connectivity index (χ1v) is 9.64. The molecule has 3 aromatic heterocycles. The molecule has 7 nitrogen and oxygen atoms in total. The van der Waals surface area contributed by atoms with Gasteiger partial charge in [-0.05, 0) is 43.2 Å². The number of pyridine rings is 2. The van der Waals surface area contributed by atoms with Crippen molar-refractivity contribution in [2.75, 3.05) is 7.11 Å². The van der Waals surface area contributed by atoms with Gasteiger partial charge in [0.15, 0.2) is 0 Å². The monoisotopic (exact) mass is 393 g/mol. The maximum absolute atomic E-state index is 13.1. The van der Waals surface area contributed by atoms with Gasteiger partial charge in [0.05, 0.1) is 18.1 Å². The van der Waals surface area contributed by atoms with E-state index >= 15 is 0 Å². The number of hydrogen-bond donors (Lipinski definition) is 0. The summed E-state index contributed by atoms with van der Waals surface area (Å²) in [4.78, 5) is 19.5. The Labute approximate surface area is 155 Å². The highest BCUT2D eigenvalue weighted by atomic mass is 35.5. The second-order valence-electron chi connectivity index (χ2n) is 5.56. The van der Waals surface area contributed by atoms with Crippen LogP contribution in [-0.2, 0) is 26.0 Å². The predicted molar refractivity (Wildman–Crippen MR) is 96.5 cm³/mol. The van der Waals surface area contributed by atoms with Crippen LogP contribution >= 0.6 is 11.6 Å². The molecule has 0 aliphatic carbocycles. The van der Waals surface area contributed by atoms with Crippen LogP contribution in [0.1, 0.15) is 18.5 Å². The zero-order valence-electron chi connectivity index (χ0n) is 13.9. The molecule has 0 aliphatic rings. The standard InChI is InChI=1S/C17H16ClN3O4S/c1-25-17(22)6-2-4-12-10-14-15(7-8-16(18)20-14)21(12)26(23,24)13-5-3-9-19-11-13/h3,5,7-11H,2,4,6H2,1H3. The molecule has 0 atom stereocenters. The molecule has 136 valence electrons. The van der Waals surface area contributed by atoms with Crippen molar-refractivity contribution in [2.45, 2.75) is 24.2 Å². The number of aromatic nitrogens is 3. The van der Waals surface area contributed by atoms with Gasteiger partial charge in [-0.15, -0.1) is 0 Å². The number of hydrogen-bond acceptors (Lipinski definition) is 6. The lowest BCUT2D eigenvalue weighted by Crippen LogP contribution is -2.16. The molecule has 0 aliphatic heterocycles. The molecule has 0 fully saturated rings. The van der Waals surface area contributed by atoms with Crippen LogP contribution < -0.4 is 0 Å². The van der Waals surface area contributed by atoms with E-state index in [-0.39, 0.29) is 22.4 Å². The van der Waals surface area contributed by atoms with Crippen molar-refractivity contribution in [1.82, 2.24) is 13.9 Å². The molecule has 0 amide bonds. The van der Waals surface area contributed by atoms with Gasteiger partial charge in [-0.3, -0.25) is 9.78 Å². The van der Waals surface area contributed by atoms with Crippen molar-refractivity contribution in [3.8, 4) is 0 Å². The predicted octanol–water partition coefficient (Wildman–Crippen LogP) is 2.82. The van der Waals surface area contributed by atoms with E-state index in [9.17, 15) is 13.2 Å². The Morgan fingerprint density at radius 3 is 2.81 bits per heavy atom. The first-order chi connectivity index (χ1) is 12.4. The summed E-state index contributed by atoms with van der Waals surface area (Å²) in [6.07, 6.45) is 3.80. The van der Waals surface area contributed by atoms with Crippen molar-refractivity contribution in [2.24, 2.45) is 0 Å². The summed E-state index contributed by atoms with van der Waals surface area (Å²) in [5.74, 6) is -0.344. The molecule has 0 radical (unpaired) electrons.